The van der Waals surface area contributed by atoms with Crippen LogP contribution in [0.5, 0.6) is 5.75 Å². The summed E-state index contributed by atoms with van der Waals surface area (Å²) in [6.45, 7) is 1.38. The fourth-order valence-corrected chi connectivity index (χ4v) is 3.06. The first kappa shape index (κ1) is 14.9. The molecule has 0 radical (unpaired) electrons. The van der Waals surface area contributed by atoms with Crippen molar-refractivity contribution in [2.75, 3.05) is 11.9 Å². The van der Waals surface area contributed by atoms with Crippen molar-refractivity contribution in [2.24, 2.45) is 0 Å². The van der Waals surface area contributed by atoms with Crippen molar-refractivity contribution in [3.8, 4) is 11.8 Å². The molecule has 0 amide bonds. The number of nitrogens with one attached hydrogen (secondary N) is 1. The summed E-state index contributed by atoms with van der Waals surface area (Å²) in [4.78, 5) is 1.28. The van der Waals surface area contributed by atoms with Crippen LogP contribution < -0.4 is 10.1 Å². The highest BCUT2D eigenvalue weighted by Crippen LogP contribution is 2.22. The molecule has 2 aromatic rings. The lowest BCUT2D eigenvalue weighted by atomic mass is 10.3. The molecule has 0 unspecified atom stereocenters. The van der Waals surface area contributed by atoms with Gasteiger partial charge in [-0.05, 0) is 40.5 Å². The Labute approximate surface area is 131 Å². The van der Waals surface area contributed by atoms with Crippen LogP contribution in [-0.4, -0.2) is 6.61 Å². The van der Waals surface area contributed by atoms with Crippen LogP contribution in [-0.2, 0) is 6.54 Å². The second-order valence-corrected chi connectivity index (χ2v) is 6.13. The average Bonchev–Trinajstić information content (AvgIpc) is 2.88. The third kappa shape index (κ3) is 4.87. The molecule has 0 saturated carbocycles. The number of hydrogen-bond donors (Lipinski definition) is 1. The van der Waals surface area contributed by atoms with Gasteiger partial charge in [-0.25, -0.2) is 0 Å². The Hall–Kier alpha value is -1.51. The second kappa shape index (κ2) is 7.93. The van der Waals surface area contributed by atoms with Gasteiger partial charge < -0.3 is 10.1 Å². The van der Waals surface area contributed by atoms with Crippen molar-refractivity contribution >= 4 is 33.0 Å². The monoisotopic (exact) mass is 350 g/mol. The molecule has 5 heteroatoms. The zero-order valence-electron chi connectivity index (χ0n) is 10.9. The summed E-state index contributed by atoms with van der Waals surface area (Å²) in [5, 5.41) is 13.9. The van der Waals surface area contributed by atoms with Crippen LogP contribution in [0.2, 0.25) is 0 Å². The van der Waals surface area contributed by atoms with Crippen molar-refractivity contribution in [1.82, 2.24) is 0 Å². The molecule has 20 heavy (non-hydrogen) atoms. The second-order valence-electron chi connectivity index (χ2n) is 4.22. The SMILES string of the molecule is N#CCCCOc1cccc(NCc2cc(Br)cs2)c1. The number of anilines is 1. The van der Waals surface area contributed by atoms with Crippen LogP contribution in [0.4, 0.5) is 5.69 Å². The molecule has 0 spiro atoms. The molecule has 0 aliphatic heterocycles. The van der Waals surface area contributed by atoms with E-state index in [2.05, 4.69) is 38.8 Å². The van der Waals surface area contributed by atoms with Crippen LogP contribution in [0.25, 0.3) is 0 Å². The van der Waals surface area contributed by atoms with E-state index in [9.17, 15) is 0 Å². The van der Waals surface area contributed by atoms with Crippen molar-refractivity contribution < 1.29 is 4.74 Å². The largest absolute Gasteiger partial charge is 0.493 e. The van der Waals surface area contributed by atoms with Crippen molar-refractivity contribution in [1.29, 1.82) is 5.26 Å². The van der Waals surface area contributed by atoms with E-state index < -0.39 is 0 Å². The number of rotatable bonds is 7. The van der Waals surface area contributed by atoms with Crippen molar-refractivity contribution in [3.05, 3.63) is 45.1 Å². The van der Waals surface area contributed by atoms with Crippen LogP contribution in [0.3, 0.4) is 0 Å². The Morgan fingerprint density at radius 1 is 1.35 bits per heavy atom. The number of thiophene rings is 1. The number of benzene rings is 1. The highest BCUT2D eigenvalue weighted by molar-refractivity contribution is 9.10. The number of nitriles is 1. The quantitative estimate of drug-likeness (QED) is 0.729. The molecule has 0 aliphatic carbocycles. The molecular formula is C15H15BrN2OS. The highest BCUT2D eigenvalue weighted by Gasteiger charge is 2.00. The van der Waals surface area contributed by atoms with E-state index in [1.165, 1.54) is 4.88 Å². The van der Waals surface area contributed by atoms with Gasteiger partial charge in [0.1, 0.15) is 5.75 Å². The lowest BCUT2D eigenvalue weighted by Gasteiger charge is -2.08. The molecule has 1 heterocycles. The molecule has 2 rings (SSSR count). The molecule has 0 aliphatic rings. The Morgan fingerprint density at radius 2 is 2.25 bits per heavy atom. The summed E-state index contributed by atoms with van der Waals surface area (Å²) < 4.78 is 6.73. The summed E-state index contributed by atoms with van der Waals surface area (Å²) in [5.74, 6) is 0.834. The third-order valence-corrected chi connectivity index (χ3v) is 4.32. The first-order valence-corrected chi connectivity index (χ1v) is 8.02. The lowest BCUT2D eigenvalue weighted by molar-refractivity contribution is 0.313. The smallest absolute Gasteiger partial charge is 0.121 e. The number of ether oxygens (including phenoxy) is 1. The topological polar surface area (TPSA) is 45.0 Å². The normalized spacial score (nSPS) is 10.0. The van der Waals surface area contributed by atoms with Gasteiger partial charge in [0, 0.05) is 39.4 Å². The summed E-state index contributed by atoms with van der Waals surface area (Å²) in [6.07, 6.45) is 1.29. The van der Waals surface area contributed by atoms with Gasteiger partial charge in [0.15, 0.2) is 0 Å². The molecule has 3 nitrogen and oxygen atoms in total. The fraction of sp³-hybridized carbons (Fsp3) is 0.267. The Balaban J connectivity index is 1.84. The van der Waals surface area contributed by atoms with Gasteiger partial charge in [0.05, 0.1) is 12.7 Å². The van der Waals surface area contributed by atoms with Crippen molar-refractivity contribution in [3.63, 3.8) is 0 Å². The van der Waals surface area contributed by atoms with E-state index in [1.54, 1.807) is 11.3 Å². The van der Waals surface area contributed by atoms with E-state index in [0.29, 0.717) is 13.0 Å². The summed E-state index contributed by atoms with van der Waals surface area (Å²) in [6, 6.07) is 12.1. The number of hydrogen-bond acceptors (Lipinski definition) is 4. The van der Waals surface area contributed by atoms with Gasteiger partial charge in [-0.15, -0.1) is 11.3 Å². The van der Waals surface area contributed by atoms with Gasteiger partial charge >= 0.3 is 0 Å². The minimum atomic E-state index is 0.533. The molecule has 0 saturated heterocycles. The van der Waals surface area contributed by atoms with E-state index in [4.69, 9.17) is 10.00 Å². The van der Waals surface area contributed by atoms with E-state index >= 15 is 0 Å². The maximum Gasteiger partial charge on any atom is 0.121 e. The van der Waals surface area contributed by atoms with Gasteiger partial charge in [0.25, 0.3) is 0 Å². The Morgan fingerprint density at radius 3 is 3.00 bits per heavy atom. The average molecular weight is 351 g/mol. The third-order valence-electron chi connectivity index (χ3n) is 2.62. The maximum atomic E-state index is 8.47. The molecule has 0 fully saturated rings. The number of unbranched alkanes of at least 4 members (excludes halogenated alkanes) is 1. The molecule has 1 N–H and O–H groups in total. The zero-order chi connectivity index (χ0) is 14.2. The van der Waals surface area contributed by atoms with Crippen LogP contribution in [0.1, 0.15) is 17.7 Å². The zero-order valence-corrected chi connectivity index (χ0v) is 13.3. The standard InChI is InChI=1S/C15H15BrN2OS/c16-12-8-15(20-11-12)10-18-13-4-3-5-14(9-13)19-7-2-1-6-17/h3-5,8-9,11,18H,1-2,7,10H2. The van der Waals surface area contributed by atoms with Gasteiger partial charge in [-0.1, -0.05) is 6.07 Å². The first-order chi connectivity index (χ1) is 9.78. The lowest BCUT2D eigenvalue weighted by Crippen LogP contribution is -1.99. The number of halogens is 1. The predicted molar refractivity (Wildman–Crippen MR) is 86.1 cm³/mol. The van der Waals surface area contributed by atoms with E-state index in [-0.39, 0.29) is 0 Å². The van der Waals surface area contributed by atoms with Gasteiger partial charge in [-0.3, -0.25) is 0 Å². The molecule has 1 aromatic carbocycles. The Bertz CT molecular complexity index is 592. The van der Waals surface area contributed by atoms with Crippen molar-refractivity contribution in [2.45, 2.75) is 19.4 Å². The number of nitrogens with zero attached hydrogens (tertiary/aromatic N) is 1. The van der Waals surface area contributed by atoms with Crippen LogP contribution >= 0.6 is 27.3 Å². The Kier molecular flexibility index (Phi) is 5.90. The minimum absolute atomic E-state index is 0.533. The molecular weight excluding hydrogens is 336 g/mol. The van der Waals surface area contributed by atoms with E-state index in [0.717, 1.165) is 28.9 Å². The molecule has 0 bridgehead atoms. The van der Waals surface area contributed by atoms with E-state index in [1.807, 2.05) is 24.3 Å². The first-order valence-electron chi connectivity index (χ1n) is 6.34. The van der Waals surface area contributed by atoms with Gasteiger partial charge in [0.2, 0.25) is 0 Å². The maximum absolute atomic E-state index is 8.47. The molecule has 0 atom stereocenters. The van der Waals surface area contributed by atoms with Gasteiger partial charge in [-0.2, -0.15) is 5.26 Å². The fourth-order valence-electron chi connectivity index (χ4n) is 1.67. The predicted octanol–water partition coefficient (Wildman–Crippen LogP) is 4.81. The molecule has 104 valence electrons. The molecule has 1 aromatic heterocycles. The van der Waals surface area contributed by atoms with Crippen LogP contribution in [0, 0.1) is 11.3 Å². The highest BCUT2D eigenvalue weighted by atomic mass is 79.9. The summed E-state index contributed by atoms with van der Waals surface area (Å²) in [5.41, 5.74) is 1.03. The summed E-state index contributed by atoms with van der Waals surface area (Å²) in [7, 11) is 0. The summed E-state index contributed by atoms with van der Waals surface area (Å²) >= 11 is 5.17. The minimum Gasteiger partial charge on any atom is -0.493 e. The van der Waals surface area contributed by atoms with Crippen LogP contribution in [0.15, 0.2) is 40.2 Å².